The van der Waals surface area contributed by atoms with Crippen molar-refractivity contribution < 1.29 is 22.0 Å². The van der Waals surface area contributed by atoms with E-state index in [9.17, 15) is 22.0 Å². The molecule has 0 aliphatic rings. The van der Waals surface area contributed by atoms with E-state index in [4.69, 9.17) is 0 Å². The zero-order valence-electron chi connectivity index (χ0n) is 29.0. The summed E-state index contributed by atoms with van der Waals surface area (Å²) in [6.07, 6.45) is 0. The minimum absolute atomic E-state index is 0.143. The Morgan fingerprint density at radius 1 is 0.327 bits per heavy atom. The first-order chi connectivity index (χ1) is 26.9. The number of fused-ring (bicyclic) bond motifs is 3. The Bertz CT molecular complexity index is 2800. The Balaban J connectivity index is 1.11. The van der Waals surface area contributed by atoms with Gasteiger partial charge >= 0.3 is 0 Å². The number of hydrogen-bond acceptors (Lipinski definition) is 1. The van der Waals surface area contributed by atoms with Crippen LogP contribution in [-0.2, 0) is 0 Å². The second-order valence-electron chi connectivity index (χ2n) is 13.2. The van der Waals surface area contributed by atoms with Crippen molar-refractivity contribution in [2.24, 2.45) is 0 Å². The molecule has 0 aliphatic heterocycles. The lowest BCUT2D eigenvalue weighted by atomic mass is 10.0. The first-order valence-corrected chi connectivity index (χ1v) is 17.6. The third-order valence-electron chi connectivity index (χ3n) is 10.0. The summed E-state index contributed by atoms with van der Waals surface area (Å²) in [6, 6.07) is 57.1. The lowest BCUT2D eigenvalue weighted by Crippen LogP contribution is -2.10. The smallest absolute Gasteiger partial charge is 0.200 e. The first-order valence-electron chi connectivity index (χ1n) is 17.6. The molecule has 0 aliphatic carbocycles. The van der Waals surface area contributed by atoms with E-state index >= 15 is 0 Å². The maximum atomic E-state index is 14.7. The van der Waals surface area contributed by atoms with Crippen LogP contribution in [0.3, 0.4) is 0 Å². The van der Waals surface area contributed by atoms with Crippen molar-refractivity contribution >= 4 is 38.9 Å². The summed E-state index contributed by atoms with van der Waals surface area (Å²) < 4.78 is 73.7. The molecule has 2 nitrogen and oxygen atoms in total. The van der Waals surface area contributed by atoms with Gasteiger partial charge < -0.3 is 9.47 Å². The Labute approximate surface area is 313 Å². The number of aromatic nitrogens is 1. The molecule has 9 aromatic rings. The Morgan fingerprint density at radius 3 is 1.33 bits per heavy atom. The molecule has 0 saturated heterocycles. The van der Waals surface area contributed by atoms with Crippen LogP contribution in [0.2, 0.25) is 0 Å². The number of para-hydroxylation sites is 2. The minimum Gasteiger partial charge on any atom is -0.311 e. The Kier molecular flexibility index (Phi) is 8.47. The van der Waals surface area contributed by atoms with Gasteiger partial charge in [-0.3, -0.25) is 0 Å². The van der Waals surface area contributed by atoms with Crippen molar-refractivity contribution in [2.45, 2.75) is 0 Å². The molecule has 0 radical (unpaired) electrons. The zero-order chi connectivity index (χ0) is 37.6. The summed E-state index contributed by atoms with van der Waals surface area (Å²) in [5, 5.41) is 2.29. The van der Waals surface area contributed by atoms with E-state index in [2.05, 4.69) is 53.1 Å². The fourth-order valence-corrected chi connectivity index (χ4v) is 7.33. The van der Waals surface area contributed by atoms with Crippen molar-refractivity contribution in [2.75, 3.05) is 4.90 Å². The fourth-order valence-electron chi connectivity index (χ4n) is 7.33. The van der Waals surface area contributed by atoms with E-state index < -0.39 is 34.6 Å². The predicted octanol–water partition coefficient (Wildman–Crippen LogP) is 13.9. The Morgan fingerprint density at radius 2 is 0.745 bits per heavy atom. The van der Waals surface area contributed by atoms with Crippen molar-refractivity contribution in [1.82, 2.24) is 4.57 Å². The molecule has 55 heavy (non-hydrogen) atoms. The summed E-state index contributed by atoms with van der Waals surface area (Å²) in [5.74, 6) is -9.92. The molecule has 0 N–H and O–H groups in total. The van der Waals surface area contributed by atoms with Gasteiger partial charge in [0.15, 0.2) is 23.3 Å². The largest absolute Gasteiger partial charge is 0.311 e. The van der Waals surface area contributed by atoms with E-state index in [-0.39, 0.29) is 5.56 Å². The van der Waals surface area contributed by atoms with Crippen molar-refractivity contribution in [1.29, 1.82) is 0 Å². The average molecular weight is 729 g/mol. The number of rotatable bonds is 7. The molecular weight excluding hydrogens is 700 g/mol. The Hall–Kier alpha value is -6.99. The van der Waals surface area contributed by atoms with Crippen molar-refractivity contribution in [3.05, 3.63) is 205 Å². The average Bonchev–Trinajstić information content (AvgIpc) is 3.58. The van der Waals surface area contributed by atoms with Crippen LogP contribution in [0, 0.1) is 29.1 Å². The SMILES string of the molecule is Fc1c(F)c(F)c(-c2ccc(N(c3ccc(-c4ccccc4)cc3)c3ccc(-c4ccc5c(c4)c4ccccc4n5-c4ccccc4)cc3)cc2)c(F)c1F. The van der Waals surface area contributed by atoms with Crippen LogP contribution in [-0.4, -0.2) is 4.57 Å². The summed E-state index contributed by atoms with van der Waals surface area (Å²) in [7, 11) is 0. The molecule has 1 aromatic heterocycles. The molecular formula is C48H29F5N2. The van der Waals surface area contributed by atoms with Gasteiger partial charge in [-0.25, -0.2) is 22.0 Å². The molecule has 0 amide bonds. The number of benzene rings is 8. The van der Waals surface area contributed by atoms with Gasteiger partial charge in [-0.2, -0.15) is 0 Å². The maximum Gasteiger partial charge on any atom is 0.200 e. The highest BCUT2D eigenvalue weighted by molar-refractivity contribution is 6.10. The summed E-state index contributed by atoms with van der Waals surface area (Å²) in [4.78, 5) is 1.97. The second-order valence-corrected chi connectivity index (χ2v) is 13.2. The van der Waals surface area contributed by atoms with Gasteiger partial charge in [-0.15, -0.1) is 0 Å². The first kappa shape index (κ1) is 33.8. The van der Waals surface area contributed by atoms with Gasteiger partial charge in [0.25, 0.3) is 0 Å². The lowest BCUT2D eigenvalue weighted by Gasteiger charge is -2.26. The van der Waals surface area contributed by atoms with Gasteiger partial charge in [-0.1, -0.05) is 109 Å². The normalized spacial score (nSPS) is 11.4. The predicted molar refractivity (Wildman–Crippen MR) is 212 cm³/mol. The summed E-state index contributed by atoms with van der Waals surface area (Å²) in [6.45, 7) is 0. The third-order valence-corrected chi connectivity index (χ3v) is 10.0. The highest BCUT2D eigenvalue weighted by Gasteiger charge is 2.27. The molecule has 0 fully saturated rings. The highest BCUT2D eigenvalue weighted by Crippen LogP contribution is 2.40. The van der Waals surface area contributed by atoms with Crippen molar-refractivity contribution in [3.63, 3.8) is 0 Å². The second kappa shape index (κ2) is 13.8. The number of anilines is 3. The van der Waals surface area contributed by atoms with E-state index in [1.165, 1.54) is 12.1 Å². The van der Waals surface area contributed by atoms with Crippen LogP contribution in [0.5, 0.6) is 0 Å². The number of halogens is 5. The van der Waals surface area contributed by atoms with Gasteiger partial charge in [0.1, 0.15) is 0 Å². The maximum absolute atomic E-state index is 14.7. The molecule has 0 unspecified atom stereocenters. The van der Waals surface area contributed by atoms with Crippen LogP contribution in [0.15, 0.2) is 176 Å². The lowest BCUT2D eigenvalue weighted by molar-refractivity contribution is 0.381. The third kappa shape index (κ3) is 5.90. The molecule has 8 aromatic carbocycles. The van der Waals surface area contributed by atoms with E-state index in [1.807, 2.05) is 108 Å². The van der Waals surface area contributed by atoms with Crippen LogP contribution >= 0.6 is 0 Å². The molecule has 0 atom stereocenters. The monoisotopic (exact) mass is 728 g/mol. The van der Waals surface area contributed by atoms with Crippen LogP contribution in [0.25, 0.3) is 60.9 Å². The highest BCUT2D eigenvalue weighted by atomic mass is 19.2. The van der Waals surface area contributed by atoms with Gasteiger partial charge in [-0.05, 0) is 94.5 Å². The zero-order valence-corrected chi connectivity index (χ0v) is 29.0. The van der Waals surface area contributed by atoms with Crippen LogP contribution in [0.4, 0.5) is 39.0 Å². The standard InChI is InChI=1S/C48H29F5N2/c49-44-43(45(50)47(52)48(53)46(44)51)33-19-26-38(27-20-33)54(36-22-15-31(16-23-36)30-9-3-1-4-10-30)37-24-17-32(18-25-37)34-21-28-42-40(29-34)39-13-7-8-14-41(39)55(42)35-11-5-2-6-12-35/h1-29H. The van der Waals surface area contributed by atoms with E-state index in [0.29, 0.717) is 5.69 Å². The van der Waals surface area contributed by atoms with E-state index in [1.54, 1.807) is 12.1 Å². The number of nitrogens with zero attached hydrogens (tertiary/aromatic N) is 2. The molecule has 1 heterocycles. The quantitative estimate of drug-likeness (QED) is 0.0901. The summed E-state index contributed by atoms with van der Waals surface area (Å²) >= 11 is 0. The van der Waals surface area contributed by atoms with Crippen LogP contribution in [0.1, 0.15) is 0 Å². The summed E-state index contributed by atoms with van der Waals surface area (Å²) in [5.41, 5.74) is 8.52. The fraction of sp³-hybridized carbons (Fsp3) is 0. The van der Waals surface area contributed by atoms with Crippen molar-refractivity contribution in [3.8, 4) is 39.1 Å². The van der Waals surface area contributed by atoms with Gasteiger partial charge in [0, 0.05) is 33.5 Å². The van der Waals surface area contributed by atoms with Gasteiger partial charge in [0.2, 0.25) is 5.82 Å². The molecule has 0 spiro atoms. The topological polar surface area (TPSA) is 8.17 Å². The number of hydrogen-bond donors (Lipinski definition) is 0. The molecule has 266 valence electrons. The van der Waals surface area contributed by atoms with Gasteiger partial charge in [0.05, 0.1) is 16.6 Å². The molecule has 0 saturated carbocycles. The van der Waals surface area contributed by atoms with Crippen LogP contribution < -0.4 is 4.90 Å². The van der Waals surface area contributed by atoms with E-state index in [0.717, 1.165) is 61.1 Å². The molecule has 0 bridgehead atoms. The minimum atomic E-state index is -2.19. The molecule has 9 rings (SSSR count). The molecule has 7 heteroatoms.